The van der Waals surface area contributed by atoms with Gasteiger partial charge in [-0.15, -0.1) is 0 Å². The molecule has 1 N–H and O–H groups in total. The van der Waals surface area contributed by atoms with Crippen LogP contribution in [-0.2, 0) is 9.53 Å². The fraction of sp³-hybridized carbons (Fsp3) is 0.619. The standard InChI is InChI=1S/C21H30N2O3/c1-20(2,3)26-19(25)23-13-11-21(4,12-14-23)18(24)22-17-9-7-16(8-10-17)15-5-6-15/h7-10,15H,5-6,11-14H2,1-4H3,(H,22,24). The van der Waals surface area contributed by atoms with Gasteiger partial charge in [-0.3, -0.25) is 4.79 Å². The number of amides is 2. The molecule has 1 saturated carbocycles. The number of carbonyl (C=O) groups excluding carboxylic acids is 2. The van der Waals surface area contributed by atoms with Crippen LogP contribution in [-0.4, -0.2) is 35.6 Å². The average molecular weight is 358 g/mol. The molecule has 5 heteroatoms. The molecular formula is C21H30N2O3. The molecule has 0 radical (unpaired) electrons. The topological polar surface area (TPSA) is 58.6 Å². The highest BCUT2D eigenvalue weighted by Crippen LogP contribution is 2.40. The number of benzene rings is 1. The van der Waals surface area contributed by atoms with E-state index in [1.54, 1.807) is 4.90 Å². The van der Waals surface area contributed by atoms with E-state index in [2.05, 4.69) is 17.4 Å². The largest absolute Gasteiger partial charge is 0.444 e. The zero-order chi connectivity index (χ0) is 18.9. The number of piperidine rings is 1. The molecule has 3 rings (SSSR count). The van der Waals surface area contributed by atoms with Gasteiger partial charge in [0.15, 0.2) is 0 Å². The third kappa shape index (κ3) is 4.57. The minimum Gasteiger partial charge on any atom is -0.444 e. The third-order valence-corrected chi connectivity index (χ3v) is 5.28. The van der Waals surface area contributed by atoms with Gasteiger partial charge in [-0.05, 0) is 70.1 Å². The molecule has 0 aromatic heterocycles. The van der Waals surface area contributed by atoms with Crippen LogP contribution in [0.5, 0.6) is 0 Å². The zero-order valence-electron chi connectivity index (χ0n) is 16.3. The van der Waals surface area contributed by atoms with Gasteiger partial charge in [0, 0.05) is 18.8 Å². The Balaban J connectivity index is 1.54. The highest BCUT2D eigenvalue weighted by Gasteiger charge is 2.39. The molecule has 0 bridgehead atoms. The van der Waals surface area contributed by atoms with E-state index >= 15 is 0 Å². The van der Waals surface area contributed by atoms with Crippen molar-refractivity contribution in [2.24, 2.45) is 5.41 Å². The van der Waals surface area contributed by atoms with E-state index in [9.17, 15) is 9.59 Å². The van der Waals surface area contributed by atoms with Crippen LogP contribution in [0.25, 0.3) is 0 Å². The molecule has 1 aromatic rings. The maximum atomic E-state index is 12.8. The van der Waals surface area contributed by atoms with E-state index in [0.717, 1.165) is 11.6 Å². The van der Waals surface area contributed by atoms with E-state index in [4.69, 9.17) is 4.74 Å². The summed E-state index contributed by atoms with van der Waals surface area (Å²) in [7, 11) is 0. The Hall–Kier alpha value is -2.04. The molecule has 1 aliphatic heterocycles. The summed E-state index contributed by atoms with van der Waals surface area (Å²) in [6.07, 6.45) is 3.53. The van der Waals surface area contributed by atoms with E-state index in [1.807, 2.05) is 39.8 Å². The van der Waals surface area contributed by atoms with Crippen molar-refractivity contribution in [3.8, 4) is 0 Å². The molecule has 1 heterocycles. The molecule has 1 aliphatic carbocycles. The molecule has 26 heavy (non-hydrogen) atoms. The van der Waals surface area contributed by atoms with Crippen LogP contribution in [0.1, 0.15) is 64.9 Å². The summed E-state index contributed by atoms with van der Waals surface area (Å²) in [5, 5.41) is 3.05. The lowest BCUT2D eigenvalue weighted by molar-refractivity contribution is -0.127. The van der Waals surface area contributed by atoms with Crippen molar-refractivity contribution in [3.05, 3.63) is 29.8 Å². The molecular weight excluding hydrogens is 328 g/mol. The Morgan fingerprint density at radius 2 is 1.69 bits per heavy atom. The number of rotatable bonds is 3. The first-order chi connectivity index (χ1) is 12.2. The van der Waals surface area contributed by atoms with Gasteiger partial charge in [-0.1, -0.05) is 19.1 Å². The van der Waals surface area contributed by atoms with Gasteiger partial charge in [0.05, 0.1) is 5.41 Å². The Morgan fingerprint density at radius 1 is 1.12 bits per heavy atom. The van der Waals surface area contributed by atoms with Crippen LogP contribution in [0.3, 0.4) is 0 Å². The molecule has 0 atom stereocenters. The number of anilines is 1. The number of carbonyl (C=O) groups is 2. The number of nitrogens with one attached hydrogen (secondary N) is 1. The van der Waals surface area contributed by atoms with Gasteiger partial charge in [0.2, 0.25) is 5.91 Å². The summed E-state index contributed by atoms with van der Waals surface area (Å²) in [5.74, 6) is 0.745. The van der Waals surface area contributed by atoms with E-state index in [0.29, 0.717) is 25.9 Å². The van der Waals surface area contributed by atoms with E-state index in [-0.39, 0.29) is 12.0 Å². The summed E-state index contributed by atoms with van der Waals surface area (Å²) < 4.78 is 5.42. The van der Waals surface area contributed by atoms with Crippen LogP contribution < -0.4 is 5.32 Å². The van der Waals surface area contributed by atoms with Crippen LogP contribution in [0.15, 0.2) is 24.3 Å². The van der Waals surface area contributed by atoms with Crippen molar-refractivity contribution in [2.45, 2.75) is 64.9 Å². The van der Waals surface area contributed by atoms with Gasteiger partial charge < -0.3 is 15.0 Å². The molecule has 0 unspecified atom stereocenters. The van der Waals surface area contributed by atoms with E-state index < -0.39 is 11.0 Å². The number of hydrogen-bond acceptors (Lipinski definition) is 3. The van der Waals surface area contributed by atoms with Crippen molar-refractivity contribution >= 4 is 17.7 Å². The minimum atomic E-state index is -0.498. The summed E-state index contributed by atoms with van der Waals surface area (Å²) >= 11 is 0. The first-order valence-electron chi connectivity index (χ1n) is 9.56. The lowest BCUT2D eigenvalue weighted by Crippen LogP contribution is -2.48. The van der Waals surface area contributed by atoms with Crippen LogP contribution >= 0.6 is 0 Å². The monoisotopic (exact) mass is 358 g/mol. The van der Waals surface area contributed by atoms with Crippen molar-refractivity contribution in [1.82, 2.24) is 4.90 Å². The Bertz CT molecular complexity index is 663. The van der Waals surface area contributed by atoms with Crippen molar-refractivity contribution in [1.29, 1.82) is 0 Å². The van der Waals surface area contributed by atoms with Crippen LogP contribution in [0.2, 0.25) is 0 Å². The Morgan fingerprint density at radius 3 is 2.19 bits per heavy atom. The molecule has 0 spiro atoms. The normalized spacial score (nSPS) is 19.8. The molecule has 2 fully saturated rings. The van der Waals surface area contributed by atoms with Gasteiger partial charge >= 0.3 is 6.09 Å². The van der Waals surface area contributed by atoms with Gasteiger partial charge in [-0.25, -0.2) is 4.79 Å². The summed E-state index contributed by atoms with van der Waals surface area (Å²) in [6, 6.07) is 8.21. The molecule has 1 aromatic carbocycles. The Kier molecular flexibility index (Phi) is 5.00. The second-order valence-electron chi connectivity index (χ2n) is 8.88. The summed E-state index contributed by atoms with van der Waals surface area (Å²) in [5.41, 5.74) is 1.24. The number of hydrogen-bond donors (Lipinski definition) is 1. The SMILES string of the molecule is CC(C)(C)OC(=O)N1CCC(C)(C(=O)Nc2ccc(C3CC3)cc2)CC1. The lowest BCUT2D eigenvalue weighted by atomic mass is 9.79. The highest BCUT2D eigenvalue weighted by atomic mass is 16.6. The van der Waals surface area contributed by atoms with Gasteiger partial charge in [0.1, 0.15) is 5.60 Å². The van der Waals surface area contributed by atoms with Crippen LogP contribution in [0.4, 0.5) is 10.5 Å². The third-order valence-electron chi connectivity index (χ3n) is 5.28. The lowest BCUT2D eigenvalue weighted by Gasteiger charge is -2.38. The van der Waals surface area contributed by atoms with Crippen molar-refractivity contribution < 1.29 is 14.3 Å². The maximum absolute atomic E-state index is 12.8. The van der Waals surface area contributed by atoms with Crippen molar-refractivity contribution in [3.63, 3.8) is 0 Å². The minimum absolute atomic E-state index is 0.0283. The van der Waals surface area contributed by atoms with Gasteiger partial charge in [-0.2, -0.15) is 0 Å². The summed E-state index contributed by atoms with van der Waals surface area (Å²) in [4.78, 5) is 26.7. The predicted molar refractivity (Wildman–Crippen MR) is 102 cm³/mol. The molecule has 5 nitrogen and oxygen atoms in total. The highest BCUT2D eigenvalue weighted by molar-refractivity contribution is 5.95. The predicted octanol–water partition coefficient (Wildman–Crippen LogP) is 4.54. The number of likely N-dealkylation sites (tertiary alicyclic amines) is 1. The molecule has 142 valence electrons. The number of ether oxygens (including phenoxy) is 1. The maximum Gasteiger partial charge on any atom is 0.410 e. The van der Waals surface area contributed by atoms with E-state index in [1.165, 1.54) is 18.4 Å². The fourth-order valence-corrected chi connectivity index (χ4v) is 3.27. The molecule has 2 aliphatic rings. The zero-order valence-corrected chi connectivity index (χ0v) is 16.3. The quantitative estimate of drug-likeness (QED) is 0.863. The Labute approximate surface area is 156 Å². The smallest absolute Gasteiger partial charge is 0.410 e. The van der Waals surface area contributed by atoms with Gasteiger partial charge in [0.25, 0.3) is 0 Å². The number of nitrogens with zero attached hydrogens (tertiary/aromatic N) is 1. The van der Waals surface area contributed by atoms with Crippen LogP contribution in [0, 0.1) is 5.41 Å². The van der Waals surface area contributed by atoms with Crippen molar-refractivity contribution in [2.75, 3.05) is 18.4 Å². The first kappa shape index (κ1) is 18.7. The average Bonchev–Trinajstić information content (AvgIpc) is 3.39. The fourth-order valence-electron chi connectivity index (χ4n) is 3.27. The first-order valence-corrected chi connectivity index (χ1v) is 9.56. The molecule has 2 amide bonds. The second kappa shape index (κ2) is 6.93. The molecule has 1 saturated heterocycles. The summed E-state index contributed by atoms with van der Waals surface area (Å²) in [6.45, 7) is 8.65. The second-order valence-corrected chi connectivity index (χ2v) is 8.88.